The minimum absolute atomic E-state index is 0.309. The van der Waals surface area contributed by atoms with E-state index in [1.807, 2.05) is 11.3 Å². The molecule has 1 heterocycles. The van der Waals surface area contributed by atoms with Crippen molar-refractivity contribution >= 4 is 11.3 Å². The second-order valence-corrected chi connectivity index (χ2v) is 6.04. The van der Waals surface area contributed by atoms with Crippen molar-refractivity contribution in [2.75, 3.05) is 0 Å². The van der Waals surface area contributed by atoms with E-state index in [9.17, 15) is 0 Å². The van der Waals surface area contributed by atoms with Crippen LogP contribution in [0.2, 0.25) is 0 Å². The highest BCUT2D eigenvalue weighted by Gasteiger charge is 2.18. The second kappa shape index (κ2) is 6.17. The van der Waals surface area contributed by atoms with Crippen LogP contribution in [-0.2, 0) is 0 Å². The van der Waals surface area contributed by atoms with Gasteiger partial charge in [0.2, 0.25) is 0 Å². The van der Waals surface area contributed by atoms with Crippen LogP contribution in [0.4, 0.5) is 0 Å². The summed E-state index contributed by atoms with van der Waals surface area (Å²) < 4.78 is 0. The Labute approximate surface area is 114 Å². The molecule has 1 N–H and O–H groups in total. The van der Waals surface area contributed by atoms with Gasteiger partial charge in [0.05, 0.1) is 6.04 Å². The van der Waals surface area contributed by atoms with E-state index in [0.717, 1.165) is 0 Å². The number of hydrogen-bond acceptors (Lipinski definition) is 2. The first-order chi connectivity index (χ1) is 8.68. The summed E-state index contributed by atoms with van der Waals surface area (Å²) in [6.45, 7) is 6.77. The van der Waals surface area contributed by atoms with Gasteiger partial charge in [0.1, 0.15) is 0 Å². The summed E-state index contributed by atoms with van der Waals surface area (Å²) in [7, 11) is 0. The van der Waals surface area contributed by atoms with E-state index in [1.165, 1.54) is 10.4 Å². The molecule has 2 atom stereocenters. The third-order valence-corrected chi connectivity index (χ3v) is 4.33. The normalized spacial score (nSPS) is 14.7. The number of benzene rings is 1. The van der Waals surface area contributed by atoms with Crippen molar-refractivity contribution in [1.29, 1.82) is 0 Å². The summed E-state index contributed by atoms with van der Waals surface area (Å²) in [6.07, 6.45) is 0. The summed E-state index contributed by atoms with van der Waals surface area (Å²) in [6, 6.07) is 15.8. The first kappa shape index (κ1) is 13.3. The van der Waals surface area contributed by atoms with Crippen molar-refractivity contribution in [2.24, 2.45) is 5.92 Å². The Balaban J connectivity index is 2.24. The van der Waals surface area contributed by atoms with E-state index >= 15 is 0 Å². The van der Waals surface area contributed by atoms with E-state index in [-0.39, 0.29) is 0 Å². The molecule has 96 valence electrons. The molecule has 0 amide bonds. The molecule has 2 heteroatoms. The Hall–Kier alpha value is -1.12. The molecule has 0 fully saturated rings. The number of rotatable bonds is 5. The fraction of sp³-hybridized carbons (Fsp3) is 0.375. The highest BCUT2D eigenvalue weighted by molar-refractivity contribution is 7.10. The molecule has 0 spiro atoms. The summed E-state index contributed by atoms with van der Waals surface area (Å²) in [5.74, 6) is 0.635. The highest BCUT2D eigenvalue weighted by Crippen LogP contribution is 2.27. The minimum atomic E-state index is 0.309. The van der Waals surface area contributed by atoms with Gasteiger partial charge in [0.15, 0.2) is 0 Å². The lowest BCUT2D eigenvalue weighted by Gasteiger charge is -2.25. The van der Waals surface area contributed by atoms with Crippen LogP contribution in [0.25, 0.3) is 0 Å². The summed E-state index contributed by atoms with van der Waals surface area (Å²) in [5.41, 5.74) is 1.34. The zero-order chi connectivity index (χ0) is 13.0. The highest BCUT2D eigenvalue weighted by atomic mass is 32.1. The maximum absolute atomic E-state index is 3.75. The Bertz CT molecular complexity index is 447. The molecule has 1 aromatic carbocycles. The lowest BCUT2D eigenvalue weighted by molar-refractivity contribution is 0.402. The fourth-order valence-corrected chi connectivity index (χ4v) is 2.71. The Kier molecular flexibility index (Phi) is 4.56. The van der Waals surface area contributed by atoms with E-state index in [0.29, 0.717) is 18.0 Å². The van der Waals surface area contributed by atoms with Crippen molar-refractivity contribution in [1.82, 2.24) is 5.32 Å². The maximum Gasteiger partial charge on any atom is 0.0673 e. The van der Waals surface area contributed by atoms with Crippen molar-refractivity contribution in [3.8, 4) is 0 Å². The van der Waals surface area contributed by atoms with Gasteiger partial charge >= 0.3 is 0 Å². The maximum atomic E-state index is 3.75. The first-order valence-electron chi connectivity index (χ1n) is 6.53. The Morgan fingerprint density at radius 1 is 0.944 bits per heavy atom. The van der Waals surface area contributed by atoms with Crippen LogP contribution in [0.3, 0.4) is 0 Å². The molecule has 1 aromatic heterocycles. The van der Waals surface area contributed by atoms with Gasteiger partial charge in [-0.3, -0.25) is 0 Å². The first-order valence-corrected chi connectivity index (χ1v) is 7.41. The summed E-state index contributed by atoms with van der Waals surface area (Å²) in [5, 5.41) is 5.89. The van der Waals surface area contributed by atoms with Gasteiger partial charge in [-0.25, -0.2) is 0 Å². The standard InChI is InChI=1S/C16H21NS/c1-12(2)13(3)17-16(15-10-7-11-18-15)14-8-5-4-6-9-14/h4-13,16-17H,1-3H3. The van der Waals surface area contributed by atoms with Crippen LogP contribution in [0.1, 0.15) is 37.3 Å². The van der Waals surface area contributed by atoms with Crippen LogP contribution >= 0.6 is 11.3 Å². The van der Waals surface area contributed by atoms with Crippen molar-refractivity contribution < 1.29 is 0 Å². The van der Waals surface area contributed by atoms with Gasteiger partial charge < -0.3 is 5.32 Å². The minimum Gasteiger partial charge on any atom is -0.303 e. The molecule has 0 aliphatic carbocycles. The molecule has 2 aromatic rings. The molecule has 0 aliphatic rings. The van der Waals surface area contributed by atoms with E-state index in [1.54, 1.807) is 0 Å². The predicted octanol–water partition coefficient (Wildman–Crippen LogP) is 4.47. The van der Waals surface area contributed by atoms with Gasteiger partial charge in [-0.1, -0.05) is 50.2 Å². The molecule has 0 radical (unpaired) electrons. The van der Waals surface area contributed by atoms with Crippen molar-refractivity contribution in [3.63, 3.8) is 0 Å². The fourth-order valence-electron chi connectivity index (χ4n) is 1.90. The summed E-state index contributed by atoms with van der Waals surface area (Å²) >= 11 is 1.82. The van der Waals surface area contributed by atoms with Gasteiger partial charge in [-0.05, 0) is 29.9 Å². The van der Waals surface area contributed by atoms with Gasteiger partial charge in [-0.15, -0.1) is 11.3 Å². The number of hydrogen-bond donors (Lipinski definition) is 1. The van der Waals surface area contributed by atoms with Crippen LogP contribution in [-0.4, -0.2) is 6.04 Å². The molecule has 2 rings (SSSR count). The molecule has 2 unspecified atom stereocenters. The number of thiophene rings is 1. The van der Waals surface area contributed by atoms with Crippen molar-refractivity contribution in [2.45, 2.75) is 32.9 Å². The van der Waals surface area contributed by atoms with E-state index in [2.05, 4.69) is 73.9 Å². The van der Waals surface area contributed by atoms with Gasteiger partial charge in [-0.2, -0.15) is 0 Å². The van der Waals surface area contributed by atoms with Gasteiger partial charge in [0, 0.05) is 10.9 Å². The Morgan fingerprint density at radius 3 is 2.22 bits per heavy atom. The molecule has 0 saturated heterocycles. The predicted molar refractivity (Wildman–Crippen MR) is 80.0 cm³/mol. The topological polar surface area (TPSA) is 12.0 Å². The lowest BCUT2D eigenvalue weighted by Crippen LogP contribution is -2.34. The van der Waals surface area contributed by atoms with Crippen LogP contribution in [0.5, 0.6) is 0 Å². The number of nitrogens with one attached hydrogen (secondary N) is 1. The largest absolute Gasteiger partial charge is 0.303 e. The third kappa shape index (κ3) is 3.21. The van der Waals surface area contributed by atoms with Crippen LogP contribution in [0, 0.1) is 5.92 Å². The SMILES string of the molecule is CC(C)C(C)NC(c1ccccc1)c1cccs1. The van der Waals surface area contributed by atoms with E-state index < -0.39 is 0 Å². The van der Waals surface area contributed by atoms with Crippen LogP contribution < -0.4 is 5.32 Å². The monoisotopic (exact) mass is 259 g/mol. The zero-order valence-corrected chi connectivity index (χ0v) is 12.1. The van der Waals surface area contributed by atoms with Crippen molar-refractivity contribution in [3.05, 3.63) is 58.3 Å². The zero-order valence-electron chi connectivity index (χ0n) is 11.3. The third-order valence-electron chi connectivity index (χ3n) is 3.39. The molecule has 0 saturated carbocycles. The molecule has 0 bridgehead atoms. The van der Waals surface area contributed by atoms with Crippen LogP contribution in [0.15, 0.2) is 47.8 Å². The molecule has 18 heavy (non-hydrogen) atoms. The molecule has 1 nitrogen and oxygen atoms in total. The second-order valence-electron chi connectivity index (χ2n) is 5.06. The Morgan fingerprint density at radius 2 is 1.67 bits per heavy atom. The molecular weight excluding hydrogens is 238 g/mol. The average molecular weight is 259 g/mol. The lowest BCUT2D eigenvalue weighted by atomic mass is 10.0. The molecule has 0 aliphatic heterocycles. The molecular formula is C16H21NS. The van der Waals surface area contributed by atoms with Gasteiger partial charge in [0.25, 0.3) is 0 Å². The van der Waals surface area contributed by atoms with E-state index in [4.69, 9.17) is 0 Å². The summed E-state index contributed by atoms with van der Waals surface area (Å²) in [4.78, 5) is 1.38. The average Bonchev–Trinajstić information content (AvgIpc) is 2.90. The smallest absolute Gasteiger partial charge is 0.0673 e. The quantitative estimate of drug-likeness (QED) is 0.835.